The average Bonchev–Trinajstić information content (AvgIpc) is 3.35. The van der Waals surface area contributed by atoms with Gasteiger partial charge in [-0.15, -0.1) is 0 Å². The summed E-state index contributed by atoms with van der Waals surface area (Å²) in [7, 11) is 1.83. The lowest BCUT2D eigenvalue weighted by Gasteiger charge is -2.20. The highest BCUT2D eigenvalue weighted by Gasteiger charge is 2.45. The summed E-state index contributed by atoms with van der Waals surface area (Å²) in [4.78, 5) is 4.32. The number of halogens is 1. The summed E-state index contributed by atoms with van der Waals surface area (Å²) in [6, 6.07) is 8.54. The molecule has 0 unspecified atom stereocenters. The van der Waals surface area contributed by atoms with E-state index in [9.17, 15) is 0 Å². The fourth-order valence-electron chi connectivity index (χ4n) is 2.74. The van der Waals surface area contributed by atoms with Gasteiger partial charge in [-0.05, 0) is 44.2 Å². The third-order valence-corrected chi connectivity index (χ3v) is 5.02. The van der Waals surface area contributed by atoms with E-state index in [1.807, 2.05) is 14.0 Å². The van der Waals surface area contributed by atoms with Crippen LogP contribution in [0, 0.1) is 0 Å². The highest BCUT2D eigenvalue weighted by molar-refractivity contribution is 9.10. The van der Waals surface area contributed by atoms with Gasteiger partial charge in [0, 0.05) is 43.2 Å². The lowest BCUT2D eigenvalue weighted by molar-refractivity contribution is 0.143. The number of aliphatic imine (C=N–C) groups is 1. The van der Waals surface area contributed by atoms with E-state index in [2.05, 4.69) is 55.8 Å². The number of nitrogens with one attached hydrogen (secondary N) is 2. The Labute approximate surface area is 148 Å². The van der Waals surface area contributed by atoms with Crippen molar-refractivity contribution in [1.29, 1.82) is 0 Å². The van der Waals surface area contributed by atoms with Gasteiger partial charge in [-0.25, -0.2) is 0 Å². The molecule has 5 heteroatoms. The highest BCUT2D eigenvalue weighted by atomic mass is 79.9. The maximum absolute atomic E-state index is 5.35. The Kier molecular flexibility index (Phi) is 7.37. The molecule has 128 valence electrons. The maximum Gasteiger partial charge on any atom is 0.191 e. The first kappa shape index (κ1) is 18.3. The Hall–Kier alpha value is -1.07. The zero-order valence-corrected chi connectivity index (χ0v) is 15.8. The first-order chi connectivity index (χ1) is 11.2. The number of ether oxygens (including phenoxy) is 1. The maximum atomic E-state index is 5.35. The van der Waals surface area contributed by atoms with Crippen LogP contribution in [0.4, 0.5) is 0 Å². The first-order valence-corrected chi connectivity index (χ1v) is 9.28. The molecule has 0 aliphatic heterocycles. The minimum atomic E-state index is 0.257. The van der Waals surface area contributed by atoms with E-state index >= 15 is 0 Å². The fraction of sp³-hybridized carbons (Fsp3) is 0.611. The van der Waals surface area contributed by atoms with Crippen molar-refractivity contribution >= 4 is 21.9 Å². The summed E-state index contributed by atoms with van der Waals surface area (Å²) >= 11 is 3.68. The predicted molar refractivity (Wildman–Crippen MR) is 100 cm³/mol. The number of benzene rings is 1. The van der Waals surface area contributed by atoms with E-state index in [4.69, 9.17) is 4.74 Å². The molecule has 4 nitrogen and oxygen atoms in total. The van der Waals surface area contributed by atoms with Gasteiger partial charge in [0.15, 0.2) is 5.96 Å². The molecule has 1 aliphatic rings. The van der Waals surface area contributed by atoms with Gasteiger partial charge in [0.25, 0.3) is 0 Å². The monoisotopic (exact) mass is 381 g/mol. The Morgan fingerprint density at radius 2 is 2.04 bits per heavy atom. The Bertz CT molecular complexity index is 515. The summed E-state index contributed by atoms with van der Waals surface area (Å²) in [5.41, 5.74) is 1.66. The smallest absolute Gasteiger partial charge is 0.191 e. The number of guanidine groups is 1. The molecular weight excluding hydrogens is 354 g/mol. The third-order valence-electron chi connectivity index (χ3n) is 4.33. The SMILES string of the molecule is CCOCCCCNC(=NC)NCC1(c2ccccc2Br)CC1. The fourth-order valence-corrected chi connectivity index (χ4v) is 3.44. The molecule has 1 aromatic rings. The van der Waals surface area contributed by atoms with Crippen molar-refractivity contribution in [3.05, 3.63) is 34.3 Å². The van der Waals surface area contributed by atoms with Crippen molar-refractivity contribution in [2.24, 2.45) is 4.99 Å². The molecule has 0 heterocycles. The van der Waals surface area contributed by atoms with E-state index in [0.717, 1.165) is 45.1 Å². The van der Waals surface area contributed by atoms with Crippen LogP contribution in [0.2, 0.25) is 0 Å². The lowest BCUT2D eigenvalue weighted by atomic mass is 9.96. The van der Waals surface area contributed by atoms with Crippen molar-refractivity contribution in [3.63, 3.8) is 0 Å². The summed E-state index contributed by atoms with van der Waals surface area (Å²) in [5.74, 6) is 0.889. The Morgan fingerprint density at radius 1 is 1.26 bits per heavy atom. The van der Waals surface area contributed by atoms with Crippen LogP contribution in [0.1, 0.15) is 38.2 Å². The summed E-state index contributed by atoms with van der Waals surface area (Å²) in [6.45, 7) is 5.52. The normalized spacial score (nSPS) is 16.2. The van der Waals surface area contributed by atoms with Crippen LogP contribution in [-0.2, 0) is 10.2 Å². The molecule has 1 saturated carbocycles. The van der Waals surface area contributed by atoms with Crippen molar-refractivity contribution in [2.75, 3.05) is 33.4 Å². The molecule has 1 aliphatic carbocycles. The van der Waals surface area contributed by atoms with E-state index in [1.54, 1.807) is 0 Å². The summed E-state index contributed by atoms with van der Waals surface area (Å²) in [6.07, 6.45) is 4.64. The van der Waals surface area contributed by atoms with Gasteiger partial charge in [-0.2, -0.15) is 0 Å². The molecule has 0 bridgehead atoms. The quantitative estimate of drug-likeness (QED) is 0.391. The van der Waals surface area contributed by atoms with Gasteiger partial charge in [-0.3, -0.25) is 4.99 Å². The van der Waals surface area contributed by atoms with Gasteiger partial charge in [0.2, 0.25) is 0 Å². The molecule has 0 amide bonds. The van der Waals surface area contributed by atoms with Gasteiger partial charge in [0.05, 0.1) is 0 Å². The van der Waals surface area contributed by atoms with Gasteiger partial charge in [0.1, 0.15) is 0 Å². The molecule has 0 aromatic heterocycles. The molecule has 2 N–H and O–H groups in total. The van der Waals surface area contributed by atoms with Gasteiger partial charge >= 0.3 is 0 Å². The second-order valence-electron chi connectivity index (χ2n) is 6.02. The van der Waals surface area contributed by atoms with Crippen LogP contribution in [0.25, 0.3) is 0 Å². The number of rotatable bonds is 9. The number of hydrogen-bond donors (Lipinski definition) is 2. The number of hydrogen-bond acceptors (Lipinski definition) is 2. The minimum Gasteiger partial charge on any atom is -0.382 e. The molecule has 23 heavy (non-hydrogen) atoms. The summed E-state index contributed by atoms with van der Waals surface area (Å²) < 4.78 is 6.56. The second-order valence-corrected chi connectivity index (χ2v) is 6.87. The number of unbranched alkanes of at least 4 members (excludes halogenated alkanes) is 1. The van der Waals surface area contributed by atoms with Crippen LogP contribution in [0.3, 0.4) is 0 Å². The molecule has 2 rings (SSSR count). The molecular formula is C18H28BrN3O. The molecule has 0 saturated heterocycles. The van der Waals surface area contributed by atoms with Gasteiger partial charge < -0.3 is 15.4 Å². The van der Waals surface area contributed by atoms with Crippen LogP contribution < -0.4 is 10.6 Å². The van der Waals surface area contributed by atoms with Gasteiger partial charge in [-0.1, -0.05) is 34.1 Å². The molecule has 0 atom stereocenters. The van der Waals surface area contributed by atoms with E-state index in [0.29, 0.717) is 0 Å². The molecule has 0 spiro atoms. The second kappa shape index (κ2) is 9.28. The van der Waals surface area contributed by atoms with Crippen molar-refractivity contribution in [3.8, 4) is 0 Å². The number of nitrogens with zero attached hydrogens (tertiary/aromatic N) is 1. The van der Waals surface area contributed by atoms with Crippen molar-refractivity contribution < 1.29 is 4.74 Å². The summed E-state index contributed by atoms with van der Waals surface area (Å²) in [5, 5.41) is 6.87. The van der Waals surface area contributed by atoms with E-state index in [-0.39, 0.29) is 5.41 Å². The Balaban J connectivity index is 1.74. The van der Waals surface area contributed by atoms with E-state index < -0.39 is 0 Å². The lowest BCUT2D eigenvalue weighted by Crippen LogP contribution is -2.41. The van der Waals surface area contributed by atoms with Crippen molar-refractivity contribution in [2.45, 2.75) is 38.0 Å². The average molecular weight is 382 g/mol. The zero-order chi connectivity index (χ0) is 16.5. The van der Waals surface area contributed by atoms with E-state index in [1.165, 1.54) is 22.9 Å². The predicted octanol–water partition coefficient (Wildman–Crippen LogP) is 3.46. The molecule has 1 aromatic carbocycles. The van der Waals surface area contributed by atoms with Crippen LogP contribution >= 0.6 is 15.9 Å². The van der Waals surface area contributed by atoms with Crippen LogP contribution in [-0.4, -0.2) is 39.3 Å². The van der Waals surface area contributed by atoms with Crippen LogP contribution in [0.5, 0.6) is 0 Å². The largest absolute Gasteiger partial charge is 0.382 e. The topological polar surface area (TPSA) is 45.6 Å². The zero-order valence-electron chi connectivity index (χ0n) is 14.2. The van der Waals surface area contributed by atoms with Crippen molar-refractivity contribution in [1.82, 2.24) is 10.6 Å². The highest BCUT2D eigenvalue weighted by Crippen LogP contribution is 2.49. The van der Waals surface area contributed by atoms with Crippen LogP contribution in [0.15, 0.2) is 33.7 Å². The molecule has 1 fully saturated rings. The standard InChI is InChI=1S/C18H28BrN3O/c1-3-23-13-7-6-12-21-17(20-2)22-14-18(10-11-18)15-8-4-5-9-16(15)19/h4-5,8-9H,3,6-7,10-14H2,1-2H3,(H2,20,21,22). The Morgan fingerprint density at radius 3 is 2.70 bits per heavy atom. The first-order valence-electron chi connectivity index (χ1n) is 8.49. The minimum absolute atomic E-state index is 0.257. The molecule has 0 radical (unpaired) electrons. The third kappa shape index (κ3) is 5.50.